The van der Waals surface area contributed by atoms with Crippen molar-refractivity contribution in [3.05, 3.63) is 0 Å². The first-order valence-corrected chi connectivity index (χ1v) is 9.91. The Hall–Kier alpha value is -0.410. The highest BCUT2D eigenvalue weighted by Crippen LogP contribution is 2.14. The number of unbranched alkanes of at least 4 members (excludes halogenated alkanes) is 13. The lowest BCUT2D eigenvalue weighted by atomic mass is 10.0. The molecule has 0 aliphatic carbocycles. The summed E-state index contributed by atoms with van der Waals surface area (Å²) < 4.78 is 10.1. The Morgan fingerprint density at radius 1 is 0.739 bits per heavy atom. The van der Waals surface area contributed by atoms with Gasteiger partial charge in [0.25, 0.3) is 0 Å². The van der Waals surface area contributed by atoms with Crippen LogP contribution in [0.5, 0.6) is 0 Å². The van der Waals surface area contributed by atoms with E-state index in [0.717, 1.165) is 19.1 Å². The van der Waals surface area contributed by atoms with Crippen molar-refractivity contribution in [2.75, 3.05) is 13.9 Å². The average Bonchev–Trinajstić information content (AvgIpc) is 2.57. The maximum Gasteiger partial charge on any atom is 0.148 e. The molecule has 0 heterocycles. The Morgan fingerprint density at radius 2 is 1.17 bits per heavy atom. The molecule has 3 nitrogen and oxygen atoms in total. The minimum Gasteiger partial charge on any atom is -0.359 e. The molecule has 0 aliphatic rings. The van der Waals surface area contributed by atoms with Gasteiger partial charge in [0.15, 0.2) is 0 Å². The SMILES string of the molecule is CCCCCCCCCCCCCCCCC(C=O)OCOC. The molecule has 0 aromatic heterocycles. The van der Waals surface area contributed by atoms with Gasteiger partial charge in [0.2, 0.25) is 0 Å². The summed E-state index contributed by atoms with van der Waals surface area (Å²) in [6.45, 7) is 2.48. The molecule has 23 heavy (non-hydrogen) atoms. The van der Waals surface area contributed by atoms with Gasteiger partial charge in [-0.25, -0.2) is 0 Å². The number of hydrogen-bond donors (Lipinski definition) is 0. The number of aldehydes is 1. The fourth-order valence-corrected chi connectivity index (χ4v) is 2.89. The Labute approximate surface area is 144 Å². The zero-order chi connectivity index (χ0) is 17.0. The van der Waals surface area contributed by atoms with Crippen LogP contribution in [0.4, 0.5) is 0 Å². The maximum atomic E-state index is 10.8. The van der Waals surface area contributed by atoms with Gasteiger partial charge in [0, 0.05) is 7.11 Å². The van der Waals surface area contributed by atoms with E-state index in [4.69, 9.17) is 9.47 Å². The van der Waals surface area contributed by atoms with E-state index in [0.29, 0.717) is 0 Å². The largest absolute Gasteiger partial charge is 0.359 e. The highest BCUT2D eigenvalue weighted by Gasteiger charge is 2.06. The molecule has 0 saturated heterocycles. The molecule has 1 unspecified atom stereocenters. The third-order valence-electron chi connectivity index (χ3n) is 4.39. The second-order valence-corrected chi connectivity index (χ2v) is 6.63. The monoisotopic (exact) mass is 328 g/mol. The summed E-state index contributed by atoms with van der Waals surface area (Å²) in [4.78, 5) is 10.8. The molecule has 0 saturated carbocycles. The van der Waals surface area contributed by atoms with E-state index in [1.165, 1.54) is 83.5 Å². The molecule has 0 N–H and O–H groups in total. The van der Waals surface area contributed by atoms with Crippen LogP contribution in [0.2, 0.25) is 0 Å². The van der Waals surface area contributed by atoms with Crippen LogP contribution < -0.4 is 0 Å². The zero-order valence-corrected chi connectivity index (χ0v) is 15.7. The number of hydrogen-bond acceptors (Lipinski definition) is 3. The summed E-state index contributed by atoms with van der Waals surface area (Å²) in [5.41, 5.74) is 0. The third kappa shape index (κ3) is 17.8. The summed E-state index contributed by atoms with van der Waals surface area (Å²) in [5.74, 6) is 0. The molecule has 0 rings (SSSR count). The number of ether oxygens (including phenoxy) is 2. The molecular weight excluding hydrogens is 288 g/mol. The van der Waals surface area contributed by atoms with Crippen molar-refractivity contribution in [1.29, 1.82) is 0 Å². The highest BCUT2D eigenvalue weighted by molar-refractivity contribution is 5.55. The number of methoxy groups -OCH3 is 1. The Kier molecular flexibility index (Phi) is 19.3. The summed E-state index contributed by atoms with van der Waals surface area (Å²) in [5, 5.41) is 0. The lowest BCUT2D eigenvalue weighted by Gasteiger charge is -2.10. The van der Waals surface area contributed by atoms with Crippen molar-refractivity contribution in [2.45, 2.75) is 109 Å². The molecule has 1 atom stereocenters. The van der Waals surface area contributed by atoms with Crippen molar-refractivity contribution in [3.8, 4) is 0 Å². The molecular formula is C20H40O3. The quantitative estimate of drug-likeness (QED) is 0.165. The molecule has 138 valence electrons. The van der Waals surface area contributed by atoms with Gasteiger partial charge in [0.05, 0.1) is 0 Å². The number of carbonyl (C=O) groups is 1. The fourth-order valence-electron chi connectivity index (χ4n) is 2.89. The van der Waals surface area contributed by atoms with Crippen LogP contribution in [-0.2, 0) is 14.3 Å². The van der Waals surface area contributed by atoms with Gasteiger partial charge in [-0.15, -0.1) is 0 Å². The Balaban J connectivity index is 3.14. The van der Waals surface area contributed by atoms with E-state index in [-0.39, 0.29) is 12.9 Å². The molecule has 0 radical (unpaired) electrons. The maximum absolute atomic E-state index is 10.8. The smallest absolute Gasteiger partial charge is 0.148 e. The second-order valence-electron chi connectivity index (χ2n) is 6.63. The molecule has 0 aromatic carbocycles. The molecule has 0 amide bonds. The predicted molar refractivity (Wildman–Crippen MR) is 97.7 cm³/mol. The minimum absolute atomic E-state index is 0.210. The van der Waals surface area contributed by atoms with Crippen LogP contribution in [0.25, 0.3) is 0 Å². The van der Waals surface area contributed by atoms with Gasteiger partial charge in [-0.05, 0) is 6.42 Å². The second kappa shape index (κ2) is 19.6. The molecule has 0 spiro atoms. The normalized spacial score (nSPS) is 12.4. The average molecular weight is 329 g/mol. The van der Waals surface area contributed by atoms with E-state index in [2.05, 4.69) is 6.92 Å². The first-order valence-electron chi connectivity index (χ1n) is 9.91. The molecule has 0 aliphatic heterocycles. The summed E-state index contributed by atoms with van der Waals surface area (Å²) >= 11 is 0. The Bertz CT molecular complexity index is 231. The van der Waals surface area contributed by atoms with Gasteiger partial charge < -0.3 is 14.3 Å². The molecule has 3 heteroatoms. The van der Waals surface area contributed by atoms with Crippen molar-refractivity contribution in [3.63, 3.8) is 0 Å². The topological polar surface area (TPSA) is 35.5 Å². The van der Waals surface area contributed by atoms with Gasteiger partial charge >= 0.3 is 0 Å². The molecule has 0 bridgehead atoms. The minimum atomic E-state index is -0.285. The van der Waals surface area contributed by atoms with Crippen LogP contribution in [0.3, 0.4) is 0 Å². The van der Waals surface area contributed by atoms with Gasteiger partial charge in [-0.3, -0.25) is 0 Å². The van der Waals surface area contributed by atoms with E-state index >= 15 is 0 Å². The van der Waals surface area contributed by atoms with Crippen molar-refractivity contribution < 1.29 is 14.3 Å². The first-order chi connectivity index (χ1) is 11.3. The van der Waals surface area contributed by atoms with Crippen molar-refractivity contribution in [2.24, 2.45) is 0 Å². The summed E-state index contributed by atoms with van der Waals surface area (Å²) in [6.07, 6.45) is 20.4. The van der Waals surface area contributed by atoms with Crippen LogP contribution in [0.15, 0.2) is 0 Å². The highest BCUT2D eigenvalue weighted by atomic mass is 16.7. The summed E-state index contributed by atoms with van der Waals surface area (Å²) in [7, 11) is 1.58. The lowest BCUT2D eigenvalue weighted by molar-refractivity contribution is -0.128. The van der Waals surface area contributed by atoms with Crippen molar-refractivity contribution in [1.82, 2.24) is 0 Å². The van der Waals surface area contributed by atoms with Crippen LogP contribution in [-0.4, -0.2) is 26.3 Å². The van der Waals surface area contributed by atoms with E-state index in [9.17, 15) is 4.79 Å². The standard InChI is InChI=1S/C20H40O3/c1-3-4-5-6-7-8-9-10-11-12-13-14-15-16-17-20(18-21)23-19-22-2/h18,20H,3-17,19H2,1-2H3. The number of rotatable bonds is 19. The molecule has 0 fully saturated rings. The van der Waals surface area contributed by atoms with Gasteiger partial charge in [-0.1, -0.05) is 96.8 Å². The fraction of sp³-hybridized carbons (Fsp3) is 0.950. The Morgan fingerprint density at radius 3 is 1.57 bits per heavy atom. The van der Waals surface area contributed by atoms with Crippen molar-refractivity contribution >= 4 is 6.29 Å². The van der Waals surface area contributed by atoms with Crippen LogP contribution in [0.1, 0.15) is 103 Å². The number of carbonyl (C=O) groups excluding carboxylic acids is 1. The first kappa shape index (κ1) is 22.6. The predicted octanol–water partition coefficient (Wildman–Crippen LogP) is 6.05. The molecule has 0 aromatic rings. The van der Waals surface area contributed by atoms with E-state index < -0.39 is 0 Å². The zero-order valence-electron chi connectivity index (χ0n) is 15.7. The van der Waals surface area contributed by atoms with Crippen LogP contribution >= 0.6 is 0 Å². The van der Waals surface area contributed by atoms with E-state index in [1.807, 2.05) is 0 Å². The van der Waals surface area contributed by atoms with Gasteiger partial charge in [0.1, 0.15) is 19.2 Å². The van der Waals surface area contributed by atoms with Crippen LogP contribution in [0, 0.1) is 0 Å². The van der Waals surface area contributed by atoms with Gasteiger partial charge in [-0.2, -0.15) is 0 Å². The summed E-state index contributed by atoms with van der Waals surface area (Å²) in [6, 6.07) is 0. The van der Waals surface area contributed by atoms with E-state index in [1.54, 1.807) is 7.11 Å². The lowest BCUT2D eigenvalue weighted by Crippen LogP contribution is -2.15. The third-order valence-corrected chi connectivity index (χ3v) is 4.39.